The van der Waals surface area contributed by atoms with Gasteiger partial charge in [-0.1, -0.05) is 24.3 Å². The fourth-order valence-electron chi connectivity index (χ4n) is 3.12. The second kappa shape index (κ2) is 6.74. The minimum atomic E-state index is -1.08. The van der Waals surface area contributed by atoms with Gasteiger partial charge in [0.05, 0.1) is 23.1 Å². The van der Waals surface area contributed by atoms with E-state index in [-0.39, 0.29) is 18.8 Å². The van der Waals surface area contributed by atoms with Crippen LogP contribution < -0.4 is 4.74 Å². The third-order valence-corrected chi connectivity index (χ3v) is 4.38. The predicted octanol–water partition coefficient (Wildman–Crippen LogP) is 4.03. The fourth-order valence-corrected chi connectivity index (χ4v) is 3.12. The van der Waals surface area contributed by atoms with Gasteiger partial charge in [-0.05, 0) is 36.8 Å². The molecule has 6 nitrogen and oxygen atoms in total. The highest BCUT2D eigenvalue weighted by Crippen LogP contribution is 2.35. The van der Waals surface area contributed by atoms with Gasteiger partial charge in [0, 0.05) is 5.39 Å². The van der Waals surface area contributed by atoms with Gasteiger partial charge in [-0.3, -0.25) is 0 Å². The number of carboxylic acids is 1. The molecule has 0 spiro atoms. The Bertz CT molecular complexity index is 1130. The summed E-state index contributed by atoms with van der Waals surface area (Å²) in [6.07, 6.45) is 0. The lowest BCUT2D eigenvalue weighted by Crippen LogP contribution is -2.06. The van der Waals surface area contributed by atoms with Crippen molar-refractivity contribution in [1.82, 2.24) is 4.98 Å². The van der Waals surface area contributed by atoms with Crippen LogP contribution in [0.25, 0.3) is 33.3 Å². The molecule has 136 valence electrons. The Hall–Kier alpha value is -3.38. The van der Waals surface area contributed by atoms with Crippen LogP contribution in [0.15, 0.2) is 52.9 Å². The van der Waals surface area contributed by atoms with Crippen LogP contribution in [0.4, 0.5) is 0 Å². The minimum Gasteiger partial charge on any atom is -0.490 e. The number of hydrogen-bond acceptors (Lipinski definition) is 5. The van der Waals surface area contributed by atoms with E-state index in [0.717, 1.165) is 10.9 Å². The van der Waals surface area contributed by atoms with E-state index < -0.39 is 5.97 Å². The zero-order valence-electron chi connectivity index (χ0n) is 14.6. The van der Waals surface area contributed by atoms with Crippen molar-refractivity contribution < 1.29 is 24.2 Å². The number of aryl methyl sites for hydroxylation is 1. The molecular weight excluding hydrogens is 346 g/mol. The van der Waals surface area contributed by atoms with Crippen LogP contribution in [0, 0.1) is 6.92 Å². The quantitative estimate of drug-likeness (QED) is 0.556. The van der Waals surface area contributed by atoms with Gasteiger partial charge >= 0.3 is 5.97 Å². The summed E-state index contributed by atoms with van der Waals surface area (Å²) < 4.78 is 11.4. The van der Waals surface area contributed by atoms with Gasteiger partial charge in [-0.2, -0.15) is 0 Å². The molecule has 0 amide bonds. The first-order valence-corrected chi connectivity index (χ1v) is 8.48. The highest BCUT2D eigenvalue weighted by atomic mass is 16.5. The van der Waals surface area contributed by atoms with Crippen LogP contribution in [0.2, 0.25) is 0 Å². The summed E-state index contributed by atoms with van der Waals surface area (Å²) in [5.41, 5.74) is 2.58. The third-order valence-electron chi connectivity index (χ3n) is 4.38. The summed E-state index contributed by atoms with van der Waals surface area (Å²) in [4.78, 5) is 16.6. The summed E-state index contributed by atoms with van der Waals surface area (Å²) in [5.74, 6) is -0.202. The number of carbonyl (C=O) groups is 1. The molecule has 0 aliphatic carbocycles. The lowest BCUT2D eigenvalue weighted by Gasteiger charge is -2.13. The molecule has 6 heteroatoms. The molecule has 0 saturated carbocycles. The summed E-state index contributed by atoms with van der Waals surface area (Å²) in [6.45, 7) is 1.77. The predicted molar refractivity (Wildman–Crippen MR) is 101 cm³/mol. The number of hydrogen-bond donors (Lipinski definition) is 2. The van der Waals surface area contributed by atoms with Crippen molar-refractivity contribution >= 4 is 27.8 Å². The molecule has 2 aromatic heterocycles. The van der Waals surface area contributed by atoms with E-state index in [2.05, 4.69) is 4.98 Å². The number of carboxylic acid groups (broad SMARTS) is 1. The van der Waals surface area contributed by atoms with E-state index in [0.29, 0.717) is 33.7 Å². The summed E-state index contributed by atoms with van der Waals surface area (Å²) in [6, 6.07) is 14.4. The lowest BCUT2D eigenvalue weighted by atomic mass is 10.0. The molecule has 0 aliphatic heterocycles. The number of nitrogens with zero attached hydrogens (tertiary/aromatic N) is 1. The second-order valence-corrected chi connectivity index (χ2v) is 6.18. The van der Waals surface area contributed by atoms with Crippen molar-refractivity contribution in [3.05, 3.63) is 59.7 Å². The van der Waals surface area contributed by atoms with Gasteiger partial charge in [-0.15, -0.1) is 0 Å². The van der Waals surface area contributed by atoms with Gasteiger partial charge in [-0.25, -0.2) is 9.78 Å². The highest BCUT2D eigenvalue weighted by Gasteiger charge is 2.20. The molecule has 0 unspecified atom stereocenters. The Balaban J connectivity index is 1.98. The van der Waals surface area contributed by atoms with Crippen LogP contribution in [0.1, 0.15) is 15.9 Å². The van der Waals surface area contributed by atoms with Gasteiger partial charge in [0.1, 0.15) is 23.6 Å². The number of aliphatic hydroxyl groups excluding tert-OH is 1. The number of rotatable bonds is 5. The van der Waals surface area contributed by atoms with Crippen LogP contribution in [-0.4, -0.2) is 34.4 Å². The number of fused-ring (bicyclic) bond motifs is 2. The summed E-state index contributed by atoms with van der Waals surface area (Å²) in [7, 11) is 0. The Labute approximate surface area is 154 Å². The maximum Gasteiger partial charge on any atom is 0.336 e. The number of furan rings is 1. The molecule has 0 atom stereocenters. The molecule has 2 aromatic carbocycles. The molecule has 27 heavy (non-hydrogen) atoms. The Morgan fingerprint density at radius 2 is 2.00 bits per heavy atom. The van der Waals surface area contributed by atoms with Crippen LogP contribution >= 0.6 is 0 Å². The first-order valence-electron chi connectivity index (χ1n) is 8.48. The number of benzene rings is 2. The molecule has 0 radical (unpaired) electrons. The maximum absolute atomic E-state index is 11.9. The topological polar surface area (TPSA) is 92.8 Å². The zero-order valence-corrected chi connectivity index (χ0v) is 14.6. The Morgan fingerprint density at radius 1 is 1.19 bits per heavy atom. The van der Waals surface area contributed by atoms with E-state index >= 15 is 0 Å². The van der Waals surface area contributed by atoms with E-state index in [1.54, 1.807) is 6.07 Å². The van der Waals surface area contributed by atoms with Gasteiger partial charge in [0.2, 0.25) is 0 Å². The van der Waals surface area contributed by atoms with Crippen LogP contribution in [0.3, 0.4) is 0 Å². The SMILES string of the molecule is Cc1ccc(OCCO)c2c(C(=O)O)cc(-c3cc4ccccc4o3)nc12. The molecule has 0 saturated heterocycles. The standard InChI is InChI=1S/C21H17NO5/c1-12-6-7-17(26-9-8-23)19-14(21(24)25)11-15(22-20(12)19)18-10-13-4-2-3-5-16(13)27-18/h2-7,10-11,23H,8-9H2,1H3,(H,24,25). The molecule has 0 bridgehead atoms. The van der Waals surface area contributed by atoms with Crippen molar-refractivity contribution in [2.45, 2.75) is 6.92 Å². The Morgan fingerprint density at radius 3 is 2.74 bits per heavy atom. The van der Waals surface area contributed by atoms with Crippen molar-refractivity contribution in [3.8, 4) is 17.2 Å². The Kier molecular flexibility index (Phi) is 4.25. The minimum absolute atomic E-state index is 0.0720. The zero-order chi connectivity index (χ0) is 19.0. The number of para-hydroxylation sites is 1. The largest absolute Gasteiger partial charge is 0.490 e. The number of ether oxygens (including phenoxy) is 1. The second-order valence-electron chi connectivity index (χ2n) is 6.18. The van der Waals surface area contributed by atoms with Crippen molar-refractivity contribution in [3.63, 3.8) is 0 Å². The van der Waals surface area contributed by atoms with E-state index in [1.165, 1.54) is 6.07 Å². The van der Waals surface area contributed by atoms with Gasteiger partial charge in [0.25, 0.3) is 0 Å². The number of aromatic carboxylic acids is 1. The highest BCUT2D eigenvalue weighted by molar-refractivity contribution is 6.07. The van der Waals surface area contributed by atoms with Crippen LogP contribution in [-0.2, 0) is 0 Å². The normalized spacial score (nSPS) is 11.2. The summed E-state index contributed by atoms with van der Waals surface area (Å²) in [5, 5.41) is 20.1. The third kappa shape index (κ3) is 3.00. The number of pyridine rings is 1. The molecule has 2 N–H and O–H groups in total. The molecule has 4 rings (SSSR count). The van der Waals surface area contributed by atoms with Crippen molar-refractivity contribution in [1.29, 1.82) is 0 Å². The van der Waals surface area contributed by atoms with Crippen molar-refractivity contribution in [2.75, 3.05) is 13.2 Å². The summed E-state index contributed by atoms with van der Waals surface area (Å²) >= 11 is 0. The average Bonchev–Trinajstić information content (AvgIpc) is 3.11. The van der Waals surface area contributed by atoms with E-state index in [1.807, 2.05) is 43.3 Å². The first-order chi connectivity index (χ1) is 13.1. The fraction of sp³-hybridized carbons (Fsp3) is 0.143. The van der Waals surface area contributed by atoms with E-state index in [4.69, 9.17) is 14.3 Å². The number of aromatic nitrogens is 1. The van der Waals surface area contributed by atoms with Crippen LogP contribution in [0.5, 0.6) is 5.75 Å². The lowest BCUT2D eigenvalue weighted by molar-refractivity contribution is 0.0698. The molecule has 0 aliphatic rings. The van der Waals surface area contributed by atoms with Gasteiger partial charge < -0.3 is 19.4 Å². The van der Waals surface area contributed by atoms with E-state index in [9.17, 15) is 9.90 Å². The smallest absolute Gasteiger partial charge is 0.336 e. The molecule has 2 heterocycles. The first kappa shape index (κ1) is 17.1. The maximum atomic E-state index is 11.9. The van der Waals surface area contributed by atoms with Gasteiger partial charge in [0.15, 0.2) is 5.76 Å². The molecule has 4 aromatic rings. The molecular formula is C21H17NO5. The molecule has 0 fully saturated rings. The van der Waals surface area contributed by atoms with Crippen molar-refractivity contribution in [2.24, 2.45) is 0 Å². The average molecular weight is 363 g/mol. The number of aliphatic hydroxyl groups is 1. The monoisotopic (exact) mass is 363 g/mol.